The van der Waals surface area contributed by atoms with Crippen LogP contribution in [0.4, 0.5) is 0 Å². The van der Waals surface area contributed by atoms with Gasteiger partial charge in [0, 0.05) is 41.6 Å². The predicted octanol–water partition coefficient (Wildman–Crippen LogP) is 5.72. The molecule has 2 aromatic heterocycles. The Labute approximate surface area is 220 Å². The standard InChI is InChI=1S/C32H28N2O4/c1-20-18-26-23(10-12-28(35)34(26)16-5-8-21-6-3-2-4-7-21)31(25(20)19-29(36)37)24-9-11-27-30-22(14-17-38-27)13-15-33-32(24)30/h2-4,6-7,9-13,15,18H,5,8,14,16-17,19H2,1H3,(H,36,37). The number of hydrogen-bond donors (Lipinski definition) is 1. The number of hydrogen-bond acceptors (Lipinski definition) is 4. The Balaban J connectivity index is 1.56. The summed E-state index contributed by atoms with van der Waals surface area (Å²) in [5.41, 5.74) is 7.20. The van der Waals surface area contributed by atoms with Gasteiger partial charge in [0.1, 0.15) is 5.75 Å². The molecular formula is C32H28N2O4. The number of aromatic nitrogens is 2. The first-order valence-electron chi connectivity index (χ1n) is 13.0. The number of carbonyl (C=O) groups is 1. The van der Waals surface area contributed by atoms with Gasteiger partial charge in [-0.1, -0.05) is 30.3 Å². The van der Waals surface area contributed by atoms with Crippen molar-refractivity contribution >= 4 is 27.8 Å². The van der Waals surface area contributed by atoms with Gasteiger partial charge in [-0.2, -0.15) is 0 Å². The Kier molecular flexibility index (Phi) is 6.16. The topological polar surface area (TPSA) is 81.4 Å². The maximum Gasteiger partial charge on any atom is 0.307 e. The Hall–Kier alpha value is -4.45. The Morgan fingerprint density at radius 1 is 1.08 bits per heavy atom. The second-order valence-corrected chi connectivity index (χ2v) is 9.87. The number of benzene rings is 3. The summed E-state index contributed by atoms with van der Waals surface area (Å²) in [7, 11) is 0. The number of ether oxygens (including phenoxy) is 1. The van der Waals surface area contributed by atoms with Gasteiger partial charge in [0.2, 0.25) is 0 Å². The number of fused-ring (bicyclic) bond motifs is 1. The molecule has 3 heterocycles. The van der Waals surface area contributed by atoms with Crippen LogP contribution >= 0.6 is 0 Å². The molecular weight excluding hydrogens is 476 g/mol. The Morgan fingerprint density at radius 3 is 2.74 bits per heavy atom. The van der Waals surface area contributed by atoms with Crippen LogP contribution in [-0.2, 0) is 30.6 Å². The summed E-state index contributed by atoms with van der Waals surface area (Å²) < 4.78 is 7.75. The van der Waals surface area contributed by atoms with Crippen molar-refractivity contribution in [3.05, 3.63) is 106 Å². The van der Waals surface area contributed by atoms with E-state index in [1.165, 1.54) is 11.1 Å². The first-order valence-corrected chi connectivity index (χ1v) is 13.0. The first kappa shape index (κ1) is 23.9. The largest absolute Gasteiger partial charge is 0.493 e. The van der Waals surface area contributed by atoms with Gasteiger partial charge in [-0.05, 0) is 77.9 Å². The van der Waals surface area contributed by atoms with E-state index in [4.69, 9.17) is 9.72 Å². The molecule has 38 heavy (non-hydrogen) atoms. The highest BCUT2D eigenvalue weighted by atomic mass is 16.5. The molecule has 0 amide bonds. The first-order chi connectivity index (χ1) is 18.5. The summed E-state index contributed by atoms with van der Waals surface area (Å²) in [4.78, 5) is 29.8. The molecule has 0 radical (unpaired) electrons. The van der Waals surface area contributed by atoms with E-state index in [2.05, 4.69) is 12.1 Å². The molecule has 6 nitrogen and oxygen atoms in total. The summed E-state index contributed by atoms with van der Waals surface area (Å²) in [6.45, 7) is 3.12. The highest BCUT2D eigenvalue weighted by Crippen LogP contribution is 2.42. The minimum atomic E-state index is -0.899. The minimum absolute atomic E-state index is 0.0645. The van der Waals surface area contributed by atoms with Crippen LogP contribution in [0.2, 0.25) is 0 Å². The molecule has 190 valence electrons. The molecule has 1 N–H and O–H groups in total. The number of aliphatic carboxylic acids is 1. The van der Waals surface area contributed by atoms with Gasteiger partial charge >= 0.3 is 5.97 Å². The fourth-order valence-corrected chi connectivity index (χ4v) is 5.72. The highest BCUT2D eigenvalue weighted by Gasteiger charge is 2.23. The van der Waals surface area contributed by atoms with Gasteiger partial charge in [-0.25, -0.2) is 0 Å². The third-order valence-electron chi connectivity index (χ3n) is 7.48. The second kappa shape index (κ2) is 9.78. The molecule has 1 aliphatic rings. The van der Waals surface area contributed by atoms with E-state index in [0.717, 1.165) is 69.1 Å². The normalized spacial score (nSPS) is 12.6. The average Bonchev–Trinajstić information content (AvgIpc) is 2.92. The van der Waals surface area contributed by atoms with Crippen molar-refractivity contribution in [2.75, 3.05) is 6.61 Å². The van der Waals surface area contributed by atoms with Crippen LogP contribution in [-0.4, -0.2) is 27.2 Å². The third-order valence-corrected chi connectivity index (χ3v) is 7.48. The van der Waals surface area contributed by atoms with E-state index in [0.29, 0.717) is 13.2 Å². The number of pyridine rings is 2. The molecule has 0 bridgehead atoms. The van der Waals surface area contributed by atoms with Crippen LogP contribution in [0.1, 0.15) is 28.7 Å². The minimum Gasteiger partial charge on any atom is -0.493 e. The zero-order valence-corrected chi connectivity index (χ0v) is 21.2. The zero-order chi connectivity index (χ0) is 26.2. The van der Waals surface area contributed by atoms with Crippen LogP contribution in [0.3, 0.4) is 0 Å². The number of nitrogens with zero attached hydrogens (tertiary/aromatic N) is 2. The maximum atomic E-state index is 13.1. The van der Waals surface area contributed by atoms with Crippen molar-refractivity contribution < 1.29 is 14.6 Å². The zero-order valence-electron chi connectivity index (χ0n) is 21.2. The smallest absolute Gasteiger partial charge is 0.307 e. The molecule has 3 aromatic carbocycles. The molecule has 0 atom stereocenters. The lowest BCUT2D eigenvalue weighted by Crippen LogP contribution is -2.20. The van der Waals surface area contributed by atoms with Gasteiger partial charge < -0.3 is 14.4 Å². The van der Waals surface area contributed by atoms with Crippen molar-refractivity contribution in [2.24, 2.45) is 0 Å². The molecule has 0 aliphatic carbocycles. The molecule has 5 aromatic rings. The lowest BCUT2D eigenvalue weighted by molar-refractivity contribution is -0.136. The fraction of sp³-hybridized carbons (Fsp3) is 0.219. The Morgan fingerprint density at radius 2 is 1.92 bits per heavy atom. The molecule has 0 unspecified atom stereocenters. The predicted molar refractivity (Wildman–Crippen MR) is 149 cm³/mol. The SMILES string of the molecule is Cc1cc2c(ccc(=O)n2CCCc2ccccc2)c(-c2ccc3c4c(ccnc24)CCO3)c1CC(=O)O. The van der Waals surface area contributed by atoms with Gasteiger partial charge in [-0.3, -0.25) is 14.6 Å². The highest BCUT2D eigenvalue weighted by molar-refractivity contribution is 6.07. The van der Waals surface area contributed by atoms with Crippen LogP contribution in [0.15, 0.2) is 77.7 Å². The summed E-state index contributed by atoms with van der Waals surface area (Å²) in [6, 6.07) is 21.6. The van der Waals surface area contributed by atoms with E-state index in [-0.39, 0.29) is 12.0 Å². The third kappa shape index (κ3) is 4.22. The lowest BCUT2D eigenvalue weighted by Gasteiger charge is -2.22. The molecule has 0 fully saturated rings. The van der Waals surface area contributed by atoms with Crippen LogP contribution in [0.25, 0.3) is 32.9 Å². The average molecular weight is 505 g/mol. The van der Waals surface area contributed by atoms with E-state index >= 15 is 0 Å². The van der Waals surface area contributed by atoms with Crippen molar-refractivity contribution in [1.29, 1.82) is 0 Å². The van der Waals surface area contributed by atoms with E-state index in [1.54, 1.807) is 6.07 Å². The van der Waals surface area contributed by atoms with Crippen LogP contribution in [0, 0.1) is 6.92 Å². The van der Waals surface area contributed by atoms with Gasteiger partial charge in [0.05, 0.1) is 24.1 Å². The molecule has 0 spiro atoms. The number of carboxylic acid groups (broad SMARTS) is 1. The van der Waals surface area contributed by atoms with Crippen LogP contribution < -0.4 is 10.3 Å². The lowest BCUT2D eigenvalue weighted by atomic mass is 9.87. The molecule has 6 rings (SSSR count). The maximum absolute atomic E-state index is 13.1. The second-order valence-electron chi connectivity index (χ2n) is 9.87. The van der Waals surface area contributed by atoms with Gasteiger partial charge in [0.25, 0.3) is 5.56 Å². The van der Waals surface area contributed by atoms with Crippen molar-refractivity contribution in [3.8, 4) is 16.9 Å². The summed E-state index contributed by atoms with van der Waals surface area (Å²) in [5, 5.41) is 11.6. The molecule has 1 aliphatic heterocycles. The van der Waals surface area contributed by atoms with Gasteiger partial charge in [-0.15, -0.1) is 0 Å². The van der Waals surface area contributed by atoms with Crippen molar-refractivity contribution in [2.45, 2.75) is 39.2 Å². The number of aryl methyl sites for hydroxylation is 3. The Bertz CT molecular complexity index is 1750. The van der Waals surface area contributed by atoms with E-state index in [1.807, 2.05) is 66.2 Å². The fourth-order valence-electron chi connectivity index (χ4n) is 5.72. The molecule has 6 heteroatoms. The van der Waals surface area contributed by atoms with E-state index in [9.17, 15) is 14.7 Å². The number of rotatable bonds is 7. The summed E-state index contributed by atoms with van der Waals surface area (Å²) >= 11 is 0. The van der Waals surface area contributed by atoms with E-state index < -0.39 is 5.97 Å². The van der Waals surface area contributed by atoms with Gasteiger partial charge in [0.15, 0.2) is 0 Å². The van der Waals surface area contributed by atoms with Crippen molar-refractivity contribution in [1.82, 2.24) is 9.55 Å². The van der Waals surface area contributed by atoms with Crippen molar-refractivity contribution in [3.63, 3.8) is 0 Å². The monoisotopic (exact) mass is 504 g/mol. The quantitative estimate of drug-likeness (QED) is 0.307. The number of carboxylic acids is 1. The molecule has 0 saturated heterocycles. The summed E-state index contributed by atoms with van der Waals surface area (Å²) in [6.07, 6.45) is 4.17. The molecule has 0 saturated carbocycles. The summed E-state index contributed by atoms with van der Waals surface area (Å²) in [5.74, 6) is -0.100. The van der Waals surface area contributed by atoms with Crippen LogP contribution in [0.5, 0.6) is 5.75 Å².